The highest BCUT2D eigenvalue weighted by Crippen LogP contribution is 2.33. The van der Waals surface area contributed by atoms with Gasteiger partial charge in [-0.15, -0.1) is 0 Å². The maximum Gasteiger partial charge on any atom is 0.146 e. The molecule has 2 nitrogen and oxygen atoms in total. The Kier molecular flexibility index (Phi) is 5.46. The molecular formula is C16H17BrClNO. The lowest BCUT2D eigenvalue weighted by Gasteiger charge is -2.13. The van der Waals surface area contributed by atoms with Crippen LogP contribution in [-0.4, -0.2) is 6.54 Å². The van der Waals surface area contributed by atoms with Crippen LogP contribution in [-0.2, 0) is 6.54 Å². The summed E-state index contributed by atoms with van der Waals surface area (Å²) in [6.45, 7) is 5.78. The molecular weight excluding hydrogens is 338 g/mol. The second-order valence-electron chi connectivity index (χ2n) is 4.57. The monoisotopic (exact) mass is 353 g/mol. The number of benzene rings is 2. The molecule has 2 aromatic carbocycles. The standard InChI is InChI=1S/C16H17BrClNO/c1-3-19-10-12-5-6-13(17)9-15(12)20-16-8-11(2)4-7-14(16)18/h4-9,19H,3,10H2,1-2H3. The Labute approximate surface area is 133 Å². The molecule has 0 bridgehead atoms. The van der Waals surface area contributed by atoms with E-state index in [4.69, 9.17) is 16.3 Å². The molecule has 0 radical (unpaired) electrons. The van der Waals surface area contributed by atoms with E-state index < -0.39 is 0 Å². The number of nitrogens with one attached hydrogen (secondary N) is 1. The van der Waals surface area contributed by atoms with Gasteiger partial charge in [-0.3, -0.25) is 0 Å². The topological polar surface area (TPSA) is 21.3 Å². The molecule has 0 heterocycles. The maximum atomic E-state index is 6.19. The van der Waals surface area contributed by atoms with E-state index in [0.29, 0.717) is 10.8 Å². The zero-order chi connectivity index (χ0) is 14.5. The van der Waals surface area contributed by atoms with Crippen LogP contribution in [0.2, 0.25) is 5.02 Å². The van der Waals surface area contributed by atoms with Gasteiger partial charge in [-0.2, -0.15) is 0 Å². The van der Waals surface area contributed by atoms with E-state index in [9.17, 15) is 0 Å². The largest absolute Gasteiger partial charge is 0.455 e. The predicted octanol–water partition coefficient (Wildman–Crippen LogP) is 5.31. The maximum absolute atomic E-state index is 6.19. The number of hydrogen-bond acceptors (Lipinski definition) is 2. The van der Waals surface area contributed by atoms with Gasteiger partial charge >= 0.3 is 0 Å². The summed E-state index contributed by atoms with van der Waals surface area (Å²) in [5.41, 5.74) is 2.22. The lowest BCUT2D eigenvalue weighted by molar-refractivity contribution is 0.473. The molecule has 0 spiro atoms. The third-order valence-electron chi connectivity index (χ3n) is 2.90. The first-order valence-electron chi connectivity index (χ1n) is 6.53. The van der Waals surface area contributed by atoms with Gasteiger partial charge in [-0.1, -0.05) is 46.6 Å². The Balaban J connectivity index is 2.31. The minimum Gasteiger partial charge on any atom is -0.455 e. The van der Waals surface area contributed by atoms with Crippen molar-refractivity contribution in [2.24, 2.45) is 0 Å². The first kappa shape index (κ1) is 15.4. The molecule has 0 aliphatic rings. The summed E-state index contributed by atoms with van der Waals surface area (Å²) in [5, 5.41) is 3.92. The van der Waals surface area contributed by atoms with E-state index in [0.717, 1.165) is 34.4 Å². The number of aryl methyl sites for hydroxylation is 1. The molecule has 0 atom stereocenters. The van der Waals surface area contributed by atoms with Gasteiger partial charge in [-0.25, -0.2) is 0 Å². The van der Waals surface area contributed by atoms with Gasteiger partial charge < -0.3 is 10.1 Å². The van der Waals surface area contributed by atoms with Gasteiger partial charge in [0.1, 0.15) is 11.5 Å². The van der Waals surface area contributed by atoms with Crippen molar-refractivity contribution < 1.29 is 4.74 Å². The molecule has 0 amide bonds. The molecule has 2 rings (SSSR count). The number of ether oxygens (including phenoxy) is 1. The molecule has 2 aromatic rings. The van der Waals surface area contributed by atoms with Crippen molar-refractivity contribution in [3.05, 3.63) is 57.0 Å². The number of hydrogen-bond donors (Lipinski definition) is 1. The van der Waals surface area contributed by atoms with Crippen LogP contribution in [0.25, 0.3) is 0 Å². The smallest absolute Gasteiger partial charge is 0.146 e. The second-order valence-corrected chi connectivity index (χ2v) is 5.89. The fraction of sp³-hybridized carbons (Fsp3) is 0.250. The van der Waals surface area contributed by atoms with Crippen LogP contribution < -0.4 is 10.1 Å². The minimum atomic E-state index is 0.616. The first-order chi connectivity index (χ1) is 9.60. The molecule has 0 saturated carbocycles. The molecule has 0 saturated heterocycles. The Morgan fingerprint density at radius 2 is 1.95 bits per heavy atom. The normalized spacial score (nSPS) is 10.6. The third-order valence-corrected chi connectivity index (χ3v) is 3.71. The SMILES string of the molecule is CCNCc1ccc(Br)cc1Oc1cc(C)ccc1Cl. The summed E-state index contributed by atoms with van der Waals surface area (Å²) in [7, 11) is 0. The van der Waals surface area contributed by atoms with Crippen LogP contribution in [0.15, 0.2) is 40.9 Å². The van der Waals surface area contributed by atoms with Crippen LogP contribution in [0.3, 0.4) is 0 Å². The fourth-order valence-corrected chi connectivity index (χ4v) is 2.33. The summed E-state index contributed by atoms with van der Waals surface area (Å²) in [6, 6.07) is 11.8. The molecule has 0 unspecified atom stereocenters. The number of rotatable bonds is 5. The van der Waals surface area contributed by atoms with Crippen molar-refractivity contribution in [3.63, 3.8) is 0 Å². The molecule has 0 aliphatic carbocycles. The van der Waals surface area contributed by atoms with Crippen LogP contribution in [0.1, 0.15) is 18.1 Å². The lowest BCUT2D eigenvalue weighted by atomic mass is 10.2. The Hall–Kier alpha value is -1.03. The van der Waals surface area contributed by atoms with E-state index in [1.54, 1.807) is 0 Å². The average Bonchev–Trinajstić information content (AvgIpc) is 2.42. The lowest BCUT2D eigenvalue weighted by Crippen LogP contribution is -2.12. The van der Waals surface area contributed by atoms with E-state index in [1.165, 1.54) is 0 Å². The predicted molar refractivity (Wildman–Crippen MR) is 87.8 cm³/mol. The van der Waals surface area contributed by atoms with Crippen molar-refractivity contribution >= 4 is 27.5 Å². The van der Waals surface area contributed by atoms with E-state index in [-0.39, 0.29) is 0 Å². The van der Waals surface area contributed by atoms with Crippen LogP contribution in [0, 0.1) is 6.92 Å². The Morgan fingerprint density at radius 3 is 2.70 bits per heavy atom. The average molecular weight is 355 g/mol. The van der Waals surface area contributed by atoms with Crippen LogP contribution in [0.4, 0.5) is 0 Å². The molecule has 1 N–H and O–H groups in total. The third kappa shape index (κ3) is 3.98. The van der Waals surface area contributed by atoms with Gasteiger partial charge in [0.2, 0.25) is 0 Å². The molecule has 20 heavy (non-hydrogen) atoms. The van der Waals surface area contributed by atoms with E-state index in [2.05, 4.69) is 28.2 Å². The fourth-order valence-electron chi connectivity index (χ4n) is 1.84. The van der Waals surface area contributed by atoms with E-state index in [1.807, 2.05) is 43.3 Å². The van der Waals surface area contributed by atoms with E-state index >= 15 is 0 Å². The summed E-state index contributed by atoms with van der Waals surface area (Å²) in [4.78, 5) is 0. The Bertz CT molecular complexity index is 601. The highest BCUT2D eigenvalue weighted by molar-refractivity contribution is 9.10. The van der Waals surface area contributed by atoms with Gasteiger partial charge in [0.25, 0.3) is 0 Å². The summed E-state index contributed by atoms with van der Waals surface area (Å²) in [6.07, 6.45) is 0. The zero-order valence-electron chi connectivity index (χ0n) is 11.5. The first-order valence-corrected chi connectivity index (χ1v) is 7.70. The second kappa shape index (κ2) is 7.11. The Morgan fingerprint density at radius 1 is 1.15 bits per heavy atom. The van der Waals surface area contributed by atoms with Gasteiger partial charge in [0, 0.05) is 16.6 Å². The summed E-state index contributed by atoms with van der Waals surface area (Å²) in [5.74, 6) is 1.50. The molecule has 0 aliphatic heterocycles. The quantitative estimate of drug-likeness (QED) is 0.785. The highest BCUT2D eigenvalue weighted by atomic mass is 79.9. The van der Waals surface area contributed by atoms with Crippen molar-refractivity contribution in [2.45, 2.75) is 20.4 Å². The van der Waals surface area contributed by atoms with Crippen molar-refractivity contribution in [2.75, 3.05) is 6.54 Å². The molecule has 4 heteroatoms. The molecule has 0 fully saturated rings. The van der Waals surface area contributed by atoms with Crippen LogP contribution >= 0.6 is 27.5 Å². The van der Waals surface area contributed by atoms with Crippen molar-refractivity contribution in [1.82, 2.24) is 5.32 Å². The van der Waals surface area contributed by atoms with Crippen molar-refractivity contribution in [3.8, 4) is 11.5 Å². The number of halogens is 2. The van der Waals surface area contributed by atoms with Gasteiger partial charge in [0.15, 0.2) is 0 Å². The van der Waals surface area contributed by atoms with Crippen molar-refractivity contribution in [1.29, 1.82) is 0 Å². The molecule has 106 valence electrons. The summed E-state index contributed by atoms with van der Waals surface area (Å²) >= 11 is 9.67. The van der Waals surface area contributed by atoms with Gasteiger partial charge in [0.05, 0.1) is 5.02 Å². The summed E-state index contributed by atoms with van der Waals surface area (Å²) < 4.78 is 6.98. The zero-order valence-corrected chi connectivity index (χ0v) is 13.9. The minimum absolute atomic E-state index is 0.616. The highest BCUT2D eigenvalue weighted by Gasteiger charge is 2.08. The van der Waals surface area contributed by atoms with Crippen LogP contribution in [0.5, 0.6) is 11.5 Å². The van der Waals surface area contributed by atoms with Gasteiger partial charge in [-0.05, 0) is 43.3 Å². The molecule has 0 aromatic heterocycles.